The average molecular weight is 869 g/mol. The monoisotopic (exact) mass is 868 g/mol. The van der Waals surface area contributed by atoms with Crippen molar-refractivity contribution in [2.24, 2.45) is 0 Å². The molecule has 3 aromatic heterocycles. The molecule has 3 heterocycles. The van der Waals surface area contributed by atoms with Crippen LogP contribution >= 0.6 is 0 Å². The van der Waals surface area contributed by atoms with Crippen LogP contribution in [0.25, 0.3) is 116 Å². The van der Waals surface area contributed by atoms with E-state index in [9.17, 15) is 0 Å². The second kappa shape index (κ2) is 15.2. The Kier molecular flexibility index (Phi) is 8.55. The first-order valence-corrected chi connectivity index (χ1v) is 23.2. The molecule has 14 aromatic rings. The number of para-hydroxylation sites is 4. The van der Waals surface area contributed by atoms with E-state index < -0.39 is 0 Å². The number of rotatable bonds is 7. The normalized spacial score (nSPS) is 11.8. The molecule has 4 nitrogen and oxygen atoms in total. The maximum atomic E-state index is 6.63. The molecule has 0 N–H and O–H groups in total. The van der Waals surface area contributed by atoms with Gasteiger partial charge in [0.2, 0.25) is 0 Å². The van der Waals surface area contributed by atoms with Gasteiger partial charge in [0.1, 0.15) is 22.3 Å². The van der Waals surface area contributed by atoms with E-state index in [0.29, 0.717) is 0 Å². The van der Waals surface area contributed by atoms with Gasteiger partial charge in [0.05, 0.1) is 11.0 Å². The predicted molar refractivity (Wildman–Crippen MR) is 284 cm³/mol. The van der Waals surface area contributed by atoms with Crippen molar-refractivity contribution in [2.75, 3.05) is 4.90 Å². The van der Waals surface area contributed by atoms with Gasteiger partial charge in [0, 0.05) is 66.0 Å². The molecule has 14 rings (SSSR count). The molecular weight excluding hydrogens is 829 g/mol. The number of benzene rings is 11. The van der Waals surface area contributed by atoms with Crippen LogP contribution in [0.1, 0.15) is 0 Å². The maximum Gasteiger partial charge on any atom is 0.143 e. The van der Waals surface area contributed by atoms with E-state index in [-0.39, 0.29) is 0 Å². The van der Waals surface area contributed by atoms with E-state index >= 15 is 0 Å². The minimum absolute atomic E-state index is 0.879. The Bertz CT molecular complexity index is 4210. The molecule has 0 saturated heterocycles. The summed E-state index contributed by atoms with van der Waals surface area (Å²) >= 11 is 0. The van der Waals surface area contributed by atoms with Crippen molar-refractivity contribution in [1.82, 2.24) is 4.57 Å². The third-order valence-corrected chi connectivity index (χ3v) is 13.8. The summed E-state index contributed by atoms with van der Waals surface area (Å²) in [5, 5.41) is 9.28. The van der Waals surface area contributed by atoms with E-state index in [1.54, 1.807) is 0 Å². The number of fused-ring (bicyclic) bond motifs is 11. The summed E-state index contributed by atoms with van der Waals surface area (Å²) in [6.07, 6.45) is 0. The first-order chi connectivity index (χ1) is 33.7. The van der Waals surface area contributed by atoms with Gasteiger partial charge in [-0.2, -0.15) is 0 Å². The maximum absolute atomic E-state index is 6.63. The number of nitrogens with zero attached hydrogens (tertiary/aromatic N) is 2. The molecule has 0 atom stereocenters. The molecule has 0 saturated carbocycles. The lowest BCUT2D eigenvalue weighted by Crippen LogP contribution is -2.10. The van der Waals surface area contributed by atoms with Gasteiger partial charge in [-0.1, -0.05) is 164 Å². The SMILES string of the molecule is c1cc(-c2cccc3oc4c5ccccc5ccc4c23)cc(N(c2ccc(-c3cccc(-n4c5ccccc5c5ccccc54)c3)cc2)c2ccc(-c3cccc4c3oc3ccccc34)cc2)c1. The number of furan rings is 2. The van der Waals surface area contributed by atoms with Crippen LogP contribution in [0.2, 0.25) is 0 Å². The Morgan fingerprint density at radius 2 is 0.897 bits per heavy atom. The molecule has 318 valence electrons. The lowest BCUT2D eigenvalue weighted by molar-refractivity contribution is 0.670. The molecule has 0 aliphatic carbocycles. The van der Waals surface area contributed by atoms with Crippen LogP contribution in [0.5, 0.6) is 0 Å². The minimum Gasteiger partial charge on any atom is -0.455 e. The van der Waals surface area contributed by atoms with Gasteiger partial charge in [-0.15, -0.1) is 0 Å². The van der Waals surface area contributed by atoms with Gasteiger partial charge in [0.15, 0.2) is 0 Å². The number of aromatic nitrogens is 1. The fourth-order valence-electron chi connectivity index (χ4n) is 10.6. The van der Waals surface area contributed by atoms with Gasteiger partial charge in [-0.05, 0) is 112 Å². The van der Waals surface area contributed by atoms with Crippen molar-refractivity contribution in [3.63, 3.8) is 0 Å². The lowest BCUT2D eigenvalue weighted by atomic mass is 9.97. The zero-order valence-corrected chi connectivity index (χ0v) is 36.8. The molecule has 11 aromatic carbocycles. The molecule has 0 aliphatic heterocycles. The van der Waals surface area contributed by atoms with Crippen molar-refractivity contribution in [3.8, 4) is 39.1 Å². The van der Waals surface area contributed by atoms with E-state index in [2.05, 4.69) is 240 Å². The third-order valence-electron chi connectivity index (χ3n) is 13.8. The second-order valence-electron chi connectivity index (χ2n) is 17.6. The summed E-state index contributed by atoms with van der Waals surface area (Å²) < 4.78 is 15.5. The van der Waals surface area contributed by atoms with Gasteiger partial charge < -0.3 is 18.3 Å². The van der Waals surface area contributed by atoms with Crippen molar-refractivity contribution in [2.45, 2.75) is 0 Å². The highest BCUT2D eigenvalue weighted by atomic mass is 16.3. The van der Waals surface area contributed by atoms with Gasteiger partial charge in [0.25, 0.3) is 0 Å². The van der Waals surface area contributed by atoms with Crippen molar-refractivity contribution in [3.05, 3.63) is 243 Å². The number of anilines is 3. The quantitative estimate of drug-likeness (QED) is 0.160. The minimum atomic E-state index is 0.879. The Hall–Kier alpha value is -9.12. The Balaban J connectivity index is 0.888. The molecule has 4 heteroatoms. The first kappa shape index (κ1) is 38.2. The van der Waals surface area contributed by atoms with Crippen LogP contribution in [0, 0.1) is 0 Å². The zero-order chi connectivity index (χ0) is 44.7. The van der Waals surface area contributed by atoms with E-state index in [1.807, 2.05) is 12.1 Å². The van der Waals surface area contributed by atoms with Crippen LogP contribution in [0.3, 0.4) is 0 Å². The van der Waals surface area contributed by atoms with E-state index in [1.165, 1.54) is 27.2 Å². The van der Waals surface area contributed by atoms with Crippen molar-refractivity contribution < 1.29 is 8.83 Å². The molecule has 0 unspecified atom stereocenters. The van der Waals surface area contributed by atoms with Crippen molar-refractivity contribution >= 4 is 93.5 Å². The van der Waals surface area contributed by atoms with E-state index in [4.69, 9.17) is 8.83 Å². The molecular formula is C64H40N2O2. The zero-order valence-electron chi connectivity index (χ0n) is 36.8. The molecule has 0 spiro atoms. The van der Waals surface area contributed by atoms with Crippen LogP contribution in [0.15, 0.2) is 251 Å². The molecule has 0 amide bonds. The van der Waals surface area contributed by atoms with Gasteiger partial charge in [-0.25, -0.2) is 0 Å². The lowest BCUT2D eigenvalue weighted by Gasteiger charge is -2.26. The summed E-state index contributed by atoms with van der Waals surface area (Å²) in [5.41, 5.74) is 17.0. The fourth-order valence-corrected chi connectivity index (χ4v) is 10.6. The van der Waals surface area contributed by atoms with Crippen molar-refractivity contribution in [1.29, 1.82) is 0 Å². The largest absolute Gasteiger partial charge is 0.455 e. The van der Waals surface area contributed by atoms with E-state index in [0.717, 1.165) is 105 Å². The summed E-state index contributed by atoms with van der Waals surface area (Å²) in [4.78, 5) is 2.36. The number of hydrogen-bond acceptors (Lipinski definition) is 3. The third kappa shape index (κ3) is 6.01. The average Bonchev–Trinajstić information content (AvgIpc) is 4.10. The van der Waals surface area contributed by atoms with Crippen LogP contribution in [-0.4, -0.2) is 4.57 Å². The predicted octanol–water partition coefficient (Wildman–Crippen LogP) is 18.2. The highest BCUT2D eigenvalue weighted by molar-refractivity contribution is 6.19. The summed E-state index contributed by atoms with van der Waals surface area (Å²) in [5.74, 6) is 0. The van der Waals surface area contributed by atoms with Crippen LogP contribution < -0.4 is 4.90 Å². The van der Waals surface area contributed by atoms with Gasteiger partial charge >= 0.3 is 0 Å². The van der Waals surface area contributed by atoms with Crippen LogP contribution in [0.4, 0.5) is 17.1 Å². The smallest absolute Gasteiger partial charge is 0.143 e. The standard InChI is InChI=1S/C64H40N2O2/c1-2-18-51-42(13-1)33-38-57-62-50(22-12-28-61(62)68-64(51)57)45-15-10-16-48(40-45)65(47-36-31-43(32-37-47)52-23-11-24-56-55-21-5-8-27-60(55)67-63(52)56)46-34-29-41(30-35-46)44-14-9-17-49(39-44)66-58-25-6-3-19-53(58)54-20-4-7-26-59(54)66/h1-40H. The van der Waals surface area contributed by atoms with Crippen LogP contribution in [-0.2, 0) is 0 Å². The Labute approximate surface area is 391 Å². The molecule has 0 radical (unpaired) electrons. The number of hydrogen-bond donors (Lipinski definition) is 0. The van der Waals surface area contributed by atoms with Gasteiger partial charge in [-0.3, -0.25) is 0 Å². The summed E-state index contributed by atoms with van der Waals surface area (Å²) in [7, 11) is 0. The summed E-state index contributed by atoms with van der Waals surface area (Å²) in [6.45, 7) is 0. The molecule has 0 bridgehead atoms. The first-order valence-electron chi connectivity index (χ1n) is 23.2. The molecule has 68 heavy (non-hydrogen) atoms. The second-order valence-corrected chi connectivity index (χ2v) is 17.6. The summed E-state index contributed by atoms with van der Waals surface area (Å²) in [6, 6.07) is 86.9. The highest BCUT2D eigenvalue weighted by Gasteiger charge is 2.20. The Morgan fingerprint density at radius 3 is 1.69 bits per heavy atom. The molecule has 0 aliphatic rings. The topological polar surface area (TPSA) is 34.5 Å². The highest BCUT2D eigenvalue weighted by Crippen LogP contribution is 2.44. The Morgan fingerprint density at radius 1 is 0.309 bits per heavy atom. The molecule has 0 fully saturated rings. The fraction of sp³-hybridized carbons (Fsp3) is 0.